The quantitative estimate of drug-likeness (QED) is 0.815. The minimum absolute atomic E-state index is 0.0997. The lowest BCUT2D eigenvalue weighted by atomic mass is 9.93. The van der Waals surface area contributed by atoms with E-state index < -0.39 is 6.04 Å². The van der Waals surface area contributed by atoms with E-state index in [1.807, 2.05) is 73.6 Å². The molecule has 0 aliphatic carbocycles. The lowest BCUT2D eigenvalue weighted by Gasteiger charge is -2.20. The van der Waals surface area contributed by atoms with Crippen LogP contribution in [0, 0.1) is 12.8 Å². The van der Waals surface area contributed by atoms with E-state index in [4.69, 9.17) is 9.57 Å². The standard InChI is InChI=1S/C15H19NO4.3C2H6/c1-9-4-3-5-11(6-9)7-16-14-13(12(8-17)20-16)10(2)19-15(14)18;3*1-2/h3-6,10,12-14,17H,7-8H2,1-2H3;3*1-2H3/t10-,12?,13?,14?;;;/m0.../s1. The molecule has 4 atom stereocenters. The molecule has 150 valence electrons. The maximum Gasteiger partial charge on any atom is 0.326 e. The van der Waals surface area contributed by atoms with Gasteiger partial charge in [-0.3, -0.25) is 9.63 Å². The molecule has 3 unspecified atom stereocenters. The van der Waals surface area contributed by atoms with Crippen LogP contribution in [0.3, 0.4) is 0 Å². The Morgan fingerprint density at radius 1 is 1.12 bits per heavy atom. The van der Waals surface area contributed by atoms with Crippen LogP contribution in [-0.2, 0) is 20.9 Å². The average molecular weight is 368 g/mol. The van der Waals surface area contributed by atoms with Crippen molar-refractivity contribution in [1.82, 2.24) is 5.06 Å². The number of esters is 1. The fourth-order valence-corrected chi connectivity index (χ4v) is 3.15. The van der Waals surface area contributed by atoms with Crippen LogP contribution < -0.4 is 0 Å². The zero-order chi connectivity index (χ0) is 20.3. The predicted octanol–water partition coefficient (Wildman–Crippen LogP) is 4.11. The second-order valence-electron chi connectivity index (χ2n) is 5.55. The van der Waals surface area contributed by atoms with E-state index in [0.717, 1.165) is 5.56 Å². The van der Waals surface area contributed by atoms with Crippen LogP contribution in [0.5, 0.6) is 0 Å². The van der Waals surface area contributed by atoms with Crippen molar-refractivity contribution >= 4 is 5.97 Å². The molecule has 2 heterocycles. The van der Waals surface area contributed by atoms with E-state index >= 15 is 0 Å². The maximum absolute atomic E-state index is 12.0. The van der Waals surface area contributed by atoms with Crippen molar-refractivity contribution in [2.45, 2.75) is 80.2 Å². The van der Waals surface area contributed by atoms with Crippen molar-refractivity contribution in [3.8, 4) is 0 Å². The molecule has 0 bridgehead atoms. The monoisotopic (exact) mass is 367 g/mol. The third kappa shape index (κ3) is 5.79. The van der Waals surface area contributed by atoms with Gasteiger partial charge in [-0.1, -0.05) is 71.4 Å². The summed E-state index contributed by atoms with van der Waals surface area (Å²) in [6.07, 6.45) is -0.585. The normalized spacial score (nSPS) is 26.3. The third-order valence-electron chi connectivity index (χ3n) is 4.06. The molecular weight excluding hydrogens is 330 g/mol. The summed E-state index contributed by atoms with van der Waals surface area (Å²) in [4.78, 5) is 17.7. The molecule has 2 saturated heterocycles. The Bertz CT molecular complexity index is 520. The number of cyclic esters (lactones) is 1. The fraction of sp³-hybridized carbons (Fsp3) is 0.667. The van der Waals surface area contributed by atoms with Gasteiger partial charge in [0.25, 0.3) is 0 Å². The van der Waals surface area contributed by atoms with Gasteiger partial charge in [0.05, 0.1) is 19.1 Å². The Kier molecular flexibility index (Phi) is 12.1. The minimum atomic E-state index is -0.414. The van der Waals surface area contributed by atoms with Crippen molar-refractivity contribution in [2.24, 2.45) is 5.92 Å². The SMILES string of the molecule is CC.CC.CC.Cc1cccc(CN2OC(CO)C3C2C(=O)O[C@H]3C)c1. The summed E-state index contributed by atoms with van der Waals surface area (Å²) < 4.78 is 5.28. The number of hydrogen-bond donors (Lipinski definition) is 1. The highest BCUT2D eigenvalue weighted by Gasteiger charge is 2.55. The number of ether oxygens (including phenoxy) is 1. The number of rotatable bonds is 3. The average Bonchev–Trinajstić information content (AvgIpc) is 3.19. The second-order valence-corrected chi connectivity index (χ2v) is 5.55. The number of nitrogens with zero attached hydrogens (tertiary/aromatic N) is 1. The zero-order valence-electron chi connectivity index (χ0n) is 17.7. The summed E-state index contributed by atoms with van der Waals surface area (Å²) in [7, 11) is 0. The van der Waals surface area contributed by atoms with Crippen molar-refractivity contribution in [1.29, 1.82) is 0 Å². The van der Waals surface area contributed by atoms with Crippen LogP contribution in [-0.4, -0.2) is 41.0 Å². The van der Waals surface area contributed by atoms with Crippen LogP contribution in [0.25, 0.3) is 0 Å². The highest BCUT2D eigenvalue weighted by Crippen LogP contribution is 2.38. The van der Waals surface area contributed by atoms with Crippen LogP contribution in [0.4, 0.5) is 0 Å². The molecule has 5 nitrogen and oxygen atoms in total. The lowest BCUT2D eigenvalue weighted by molar-refractivity contribution is -0.195. The Morgan fingerprint density at radius 2 is 1.73 bits per heavy atom. The molecule has 1 aromatic carbocycles. The van der Waals surface area contributed by atoms with Crippen molar-refractivity contribution < 1.29 is 19.5 Å². The molecule has 2 aliphatic rings. The molecule has 3 rings (SSSR count). The van der Waals surface area contributed by atoms with Gasteiger partial charge in [-0.2, -0.15) is 5.06 Å². The molecule has 1 aromatic rings. The van der Waals surface area contributed by atoms with Gasteiger partial charge in [0.1, 0.15) is 18.2 Å². The largest absolute Gasteiger partial charge is 0.461 e. The van der Waals surface area contributed by atoms with Gasteiger partial charge in [-0.25, -0.2) is 0 Å². The third-order valence-corrected chi connectivity index (χ3v) is 4.06. The summed E-state index contributed by atoms with van der Waals surface area (Å²) in [5, 5.41) is 11.1. The lowest BCUT2D eigenvalue weighted by Crippen LogP contribution is -2.35. The van der Waals surface area contributed by atoms with Crippen LogP contribution in [0.15, 0.2) is 24.3 Å². The van der Waals surface area contributed by atoms with Crippen LogP contribution >= 0.6 is 0 Å². The summed E-state index contributed by atoms with van der Waals surface area (Å²) in [5.74, 6) is -0.358. The molecule has 2 aliphatic heterocycles. The number of aryl methyl sites for hydroxylation is 1. The Balaban J connectivity index is 0.000000948. The summed E-state index contributed by atoms with van der Waals surface area (Å²) >= 11 is 0. The fourth-order valence-electron chi connectivity index (χ4n) is 3.15. The Morgan fingerprint density at radius 3 is 2.27 bits per heavy atom. The molecule has 5 heteroatoms. The van der Waals surface area contributed by atoms with Gasteiger partial charge in [0.15, 0.2) is 0 Å². The number of aliphatic hydroxyl groups is 1. The number of hydroxylamine groups is 2. The molecule has 1 N–H and O–H groups in total. The first-order chi connectivity index (χ1) is 12.6. The summed E-state index contributed by atoms with van der Waals surface area (Å²) in [6, 6.07) is 7.66. The van der Waals surface area contributed by atoms with Crippen molar-refractivity contribution in [2.75, 3.05) is 6.61 Å². The highest BCUT2D eigenvalue weighted by atomic mass is 16.7. The number of benzene rings is 1. The molecule has 0 saturated carbocycles. The van der Waals surface area contributed by atoms with E-state index in [-0.39, 0.29) is 30.7 Å². The van der Waals surface area contributed by atoms with E-state index in [2.05, 4.69) is 6.07 Å². The number of fused-ring (bicyclic) bond motifs is 1. The number of carbonyl (C=O) groups excluding carboxylic acids is 1. The first-order valence-corrected chi connectivity index (χ1v) is 9.90. The van der Waals surface area contributed by atoms with Gasteiger partial charge < -0.3 is 9.84 Å². The van der Waals surface area contributed by atoms with E-state index in [1.54, 1.807) is 5.06 Å². The Hall–Kier alpha value is -1.43. The molecule has 2 fully saturated rings. The van der Waals surface area contributed by atoms with Gasteiger partial charge in [-0.15, -0.1) is 0 Å². The van der Waals surface area contributed by atoms with Gasteiger partial charge >= 0.3 is 5.97 Å². The molecule has 0 radical (unpaired) electrons. The topological polar surface area (TPSA) is 59.0 Å². The summed E-state index contributed by atoms with van der Waals surface area (Å²) in [6.45, 7) is 16.3. The van der Waals surface area contributed by atoms with Gasteiger partial charge in [-0.05, 0) is 19.4 Å². The Labute approximate surface area is 159 Å². The molecule has 0 spiro atoms. The molecule has 26 heavy (non-hydrogen) atoms. The summed E-state index contributed by atoms with van der Waals surface area (Å²) in [5.41, 5.74) is 2.24. The van der Waals surface area contributed by atoms with E-state index in [0.29, 0.717) is 6.54 Å². The van der Waals surface area contributed by atoms with Gasteiger partial charge in [0, 0.05) is 0 Å². The van der Waals surface area contributed by atoms with Crippen LogP contribution in [0.2, 0.25) is 0 Å². The maximum atomic E-state index is 12.0. The molecule has 0 aromatic heterocycles. The van der Waals surface area contributed by atoms with E-state index in [1.165, 1.54) is 5.56 Å². The number of carbonyl (C=O) groups is 1. The zero-order valence-corrected chi connectivity index (χ0v) is 17.7. The van der Waals surface area contributed by atoms with E-state index in [9.17, 15) is 9.90 Å². The smallest absolute Gasteiger partial charge is 0.326 e. The van der Waals surface area contributed by atoms with Crippen molar-refractivity contribution in [3.63, 3.8) is 0 Å². The minimum Gasteiger partial charge on any atom is -0.461 e. The number of aliphatic hydroxyl groups excluding tert-OH is 1. The predicted molar refractivity (Wildman–Crippen MR) is 106 cm³/mol. The second kappa shape index (κ2) is 12.8. The first kappa shape index (κ1) is 24.6. The molecule has 0 amide bonds. The highest BCUT2D eigenvalue weighted by molar-refractivity contribution is 5.79. The first-order valence-electron chi connectivity index (χ1n) is 9.90. The van der Waals surface area contributed by atoms with Crippen molar-refractivity contribution in [3.05, 3.63) is 35.4 Å². The van der Waals surface area contributed by atoms with Gasteiger partial charge in [0.2, 0.25) is 0 Å². The molecular formula is C21H37NO4. The number of hydrogen-bond acceptors (Lipinski definition) is 5. The van der Waals surface area contributed by atoms with Crippen LogP contribution in [0.1, 0.15) is 59.6 Å².